The van der Waals surface area contributed by atoms with E-state index < -0.39 is 18.1 Å². The Morgan fingerprint density at radius 2 is 2.31 bits per heavy atom. The summed E-state index contributed by atoms with van der Waals surface area (Å²) in [6, 6.07) is 0.726. The SMILES string of the molecule is COC(=O)[C@H](CC#N)NC(=O)OBr. The first-order chi connectivity index (χ1) is 6.15. The molecule has 6 nitrogen and oxygen atoms in total. The molecule has 0 spiro atoms. The van der Waals surface area contributed by atoms with Crippen LogP contribution in [0.15, 0.2) is 0 Å². The molecule has 1 amide bonds. The highest BCUT2D eigenvalue weighted by Crippen LogP contribution is 1.96. The van der Waals surface area contributed by atoms with Crippen LogP contribution in [0.4, 0.5) is 4.79 Å². The standard InChI is InChI=1S/C6H7BrN2O4/c1-12-5(10)4(2-3-8)9-6(11)13-7/h4H,2H2,1H3,(H,9,11)/t4-/m0/s1. The molecule has 0 heterocycles. The van der Waals surface area contributed by atoms with Gasteiger partial charge in [-0.1, -0.05) is 0 Å². The molecule has 0 unspecified atom stereocenters. The van der Waals surface area contributed by atoms with Gasteiger partial charge in [0.05, 0.1) is 19.6 Å². The second-order valence-electron chi connectivity index (χ2n) is 1.95. The minimum Gasteiger partial charge on any atom is -0.467 e. The lowest BCUT2D eigenvalue weighted by molar-refractivity contribution is -0.142. The van der Waals surface area contributed by atoms with E-state index in [1.54, 1.807) is 6.07 Å². The summed E-state index contributed by atoms with van der Waals surface area (Å²) in [5.74, 6) is -0.695. The average Bonchev–Trinajstić information content (AvgIpc) is 2.15. The van der Waals surface area contributed by atoms with Gasteiger partial charge in [-0.25, -0.2) is 9.59 Å². The summed E-state index contributed by atoms with van der Waals surface area (Å²) in [5.41, 5.74) is 0. The van der Waals surface area contributed by atoms with Crippen molar-refractivity contribution in [3.05, 3.63) is 0 Å². The number of nitrogens with one attached hydrogen (secondary N) is 1. The van der Waals surface area contributed by atoms with Gasteiger partial charge in [0, 0.05) is 0 Å². The topological polar surface area (TPSA) is 88.4 Å². The molecule has 0 bridgehead atoms. The van der Waals surface area contributed by atoms with Crippen molar-refractivity contribution in [1.29, 1.82) is 5.26 Å². The third-order valence-corrected chi connectivity index (χ3v) is 1.44. The highest BCUT2D eigenvalue weighted by atomic mass is 79.9. The molecule has 72 valence electrons. The fourth-order valence-corrected chi connectivity index (χ4v) is 0.685. The molecule has 0 aliphatic heterocycles. The Morgan fingerprint density at radius 1 is 1.69 bits per heavy atom. The fourth-order valence-electron chi connectivity index (χ4n) is 0.591. The first kappa shape index (κ1) is 11.7. The Hall–Kier alpha value is -1.29. The summed E-state index contributed by atoms with van der Waals surface area (Å²) >= 11 is 2.42. The molecule has 0 aliphatic rings. The van der Waals surface area contributed by atoms with Gasteiger partial charge in [0.25, 0.3) is 0 Å². The number of rotatable bonds is 3. The van der Waals surface area contributed by atoms with Crippen molar-refractivity contribution in [2.45, 2.75) is 12.5 Å². The molecule has 0 aromatic heterocycles. The molecule has 0 rings (SSSR count). The van der Waals surface area contributed by atoms with Crippen molar-refractivity contribution in [1.82, 2.24) is 5.32 Å². The Bertz CT molecular complexity index is 237. The van der Waals surface area contributed by atoms with Crippen LogP contribution in [0.25, 0.3) is 0 Å². The molecular formula is C6H7BrN2O4. The molecule has 1 atom stereocenters. The number of hydrogen-bond donors (Lipinski definition) is 1. The maximum atomic E-state index is 10.9. The number of hydrogen-bond acceptors (Lipinski definition) is 5. The molecular weight excluding hydrogens is 244 g/mol. The van der Waals surface area contributed by atoms with Crippen LogP contribution in [0.1, 0.15) is 6.42 Å². The highest BCUT2D eigenvalue weighted by molar-refractivity contribution is 9.06. The van der Waals surface area contributed by atoms with Crippen LogP contribution < -0.4 is 5.32 Å². The monoisotopic (exact) mass is 250 g/mol. The lowest BCUT2D eigenvalue weighted by atomic mass is 10.2. The second-order valence-corrected chi connectivity index (χ2v) is 2.27. The second kappa shape index (κ2) is 6.25. The lowest BCUT2D eigenvalue weighted by Crippen LogP contribution is -2.40. The third-order valence-electron chi connectivity index (χ3n) is 1.14. The zero-order valence-corrected chi connectivity index (χ0v) is 8.33. The Kier molecular flexibility index (Phi) is 5.63. The normalized spacial score (nSPS) is 10.8. The number of methoxy groups -OCH3 is 1. The molecule has 0 fully saturated rings. The first-order valence-corrected chi connectivity index (χ1v) is 3.84. The average molecular weight is 251 g/mol. The maximum Gasteiger partial charge on any atom is 0.419 e. The molecule has 7 heteroatoms. The van der Waals surface area contributed by atoms with E-state index in [1.807, 2.05) is 0 Å². The van der Waals surface area contributed by atoms with Crippen molar-refractivity contribution in [3.8, 4) is 6.07 Å². The van der Waals surface area contributed by atoms with Gasteiger partial charge >= 0.3 is 12.1 Å². The first-order valence-electron chi connectivity index (χ1n) is 3.19. The Labute approximate surface area is 83.2 Å². The van der Waals surface area contributed by atoms with Crippen LogP contribution in [0.2, 0.25) is 0 Å². The van der Waals surface area contributed by atoms with Gasteiger partial charge in [-0.05, 0) is 0 Å². The van der Waals surface area contributed by atoms with Gasteiger partial charge in [0.2, 0.25) is 0 Å². The van der Waals surface area contributed by atoms with Crippen LogP contribution in [0.5, 0.6) is 0 Å². The highest BCUT2D eigenvalue weighted by Gasteiger charge is 2.21. The maximum absolute atomic E-state index is 10.9. The third kappa shape index (κ3) is 4.32. The van der Waals surface area contributed by atoms with Crippen LogP contribution >= 0.6 is 16.3 Å². The number of carbonyl (C=O) groups excluding carboxylic acids is 2. The molecule has 0 radical (unpaired) electrons. The van der Waals surface area contributed by atoms with Crippen molar-refractivity contribution in [2.75, 3.05) is 7.11 Å². The lowest BCUT2D eigenvalue weighted by Gasteiger charge is -2.10. The molecule has 13 heavy (non-hydrogen) atoms. The van der Waals surface area contributed by atoms with Gasteiger partial charge in [-0.3, -0.25) is 0 Å². The Balaban J connectivity index is 4.18. The number of esters is 1. The van der Waals surface area contributed by atoms with Crippen LogP contribution in [-0.4, -0.2) is 25.2 Å². The predicted octanol–water partition coefficient (Wildman–Crippen LogP) is 0.478. The molecule has 0 saturated carbocycles. The molecule has 0 aliphatic carbocycles. The van der Waals surface area contributed by atoms with Crippen molar-refractivity contribution >= 4 is 28.3 Å². The van der Waals surface area contributed by atoms with Gasteiger partial charge in [-0.2, -0.15) is 5.26 Å². The zero-order valence-electron chi connectivity index (χ0n) is 6.74. The number of halogens is 1. The summed E-state index contributed by atoms with van der Waals surface area (Å²) in [4.78, 5) is 21.5. The molecule has 0 aromatic rings. The largest absolute Gasteiger partial charge is 0.467 e. The van der Waals surface area contributed by atoms with Gasteiger partial charge < -0.3 is 13.9 Å². The number of amides is 1. The smallest absolute Gasteiger partial charge is 0.419 e. The van der Waals surface area contributed by atoms with E-state index in [9.17, 15) is 9.59 Å². The van der Waals surface area contributed by atoms with Crippen molar-refractivity contribution in [2.24, 2.45) is 0 Å². The summed E-state index contributed by atoms with van der Waals surface area (Å²) in [6.07, 6.45) is -1.03. The summed E-state index contributed by atoms with van der Waals surface area (Å²) in [5, 5.41) is 10.4. The summed E-state index contributed by atoms with van der Waals surface area (Å²) < 4.78 is 8.40. The van der Waals surface area contributed by atoms with Crippen LogP contribution in [0.3, 0.4) is 0 Å². The predicted molar refractivity (Wildman–Crippen MR) is 44.6 cm³/mol. The quantitative estimate of drug-likeness (QED) is 0.737. The molecule has 0 saturated heterocycles. The van der Waals surface area contributed by atoms with E-state index in [4.69, 9.17) is 5.26 Å². The van der Waals surface area contributed by atoms with E-state index in [2.05, 4.69) is 30.1 Å². The molecule has 1 N–H and O–H groups in total. The van der Waals surface area contributed by atoms with Crippen molar-refractivity contribution in [3.63, 3.8) is 0 Å². The van der Waals surface area contributed by atoms with E-state index in [0.717, 1.165) is 7.11 Å². The van der Waals surface area contributed by atoms with E-state index in [-0.39, 0.29) is 6.42 Å². The van der Waals surface area contributed by atoms with Gasteiger partial charge in [0.15, 0.2) is 16.3 Å². The van der Waals surface area contributed by atoms with Crippen molar-refractivity contribution < 1.29 is 18.2 Å². The zero-order chi connectivity index (χ0) is 10.3. The van der Waals surface area contributed by atoms with E-state index in [1.165, 1.54) is 0 Å². The van der Waals surface area contributed by atoms with Crippen LogP contribution in [-0.2, 0) is 13.4 Å². The number of nitrogens with zero attached hydrogens (tertiary/aromatic N) is 1. The Morgan fingerprint density at radius 3 is 2.69 bits per heavy atom. The van der Waals surface area contributed by atoms with Gasteiger partial charge in [0.1, 0.15) is 6.04 Å². The number of carbonyl (C=O) groups is 2. The molecule has 0 aromatic carbocycles. The van der Waals surface area contributed by atoms with Gasteiger partial charge in [-0.15, -0.1) is 0 Å². The van der Waals surface area contributed by atoms with E-state index in [0.29, 0.717) is 0 Å². The minimum atomic E-state index is -1.000. The number of nitriles is 1. The van der Waals surface area contributed by atoms with E-state index >= 15 is 0 Å². The fraction of sp³-hybridized carbons (Fsp3) is 0.500. The minimum absolute atomic E-state index is 0.172. The summed E-state index contributed by atoms with van der Waals surface area (Å²) in [7, 11) is 1.16. The number of ether oxygens (including phenoxy) is 1. The van der Waals surface area contributed by atoms with Crippen LogP contribution in [0, 0.1) is 11.3 Å². The summed E-state index contributed by atoms with van der Waals surface area (Å²) in [6.45, 7) is 0.